The van der Waals surface area contributed by atoms with Crippen LogP contribution < -0.4 is 0 Å². The highest BCUT2D eigenvalue weighted by Gasteiger charge is 2.44. The molecule has 2 amide bonds. The van der Waals surface area contributed by atoms with Crippen molar-refractivity contribution in [2.24, 2.45) is 0 Å². The predicted octanol–water partition coefficient (Wildman–Crippen LogP) is 4.28. The number of ether oxygens (including phenoxy) is 3. The molecule has 2 rings (SSSR count). The first-order valence-corrected chi connectivity index (χ1v) is 10.1. The number of amides is 2. The molecule has 166 valence electrons. The summed E-state index contributed by atoms with van der Waals surface area (Å²) in [4.78, 5) is 38.5. The largest absolute Gasteiger partial charge is 0.459 e. The quantitative estimate of drug-likeness (QED) is 0.536. The molecule has 8 heteroatoms. The fraction of sp³-hybridized carbons (Fsp3) is 0.591. The van der Waals surface area contributed by atoms with Crippen molar-refractivity contribution in [2.75, 3.05) is 6.54 Å². The smallest absolute Gasteiger partial charge is 0.430 e. The zero-order valence-corrected chi connectivity index (χ0v) is 18.6. The summed E-state index contributed by atoms with van der Waals surface area (Å²) in [5.74, 6) is -0.599. The predicted molar refractivity (Wildman–Crippen MR) is 110 cm³/mol. The van der Waals surface area contributed by atoms with Crippen LogP contribution in [0.4, 0.5) is 9.59 Å². The molecule has 1 atom stereocenters. The van der Waals surface area contributed by atoms with Crippen LogP contribution >= 0.6 is 0 Å². The third-order valence-electron chi connectivity index (χ3n) is 4.08. The molecule has 0 radical (unpaired) electrons. The Morgan fingerprint density at radius 1 is 0.933 bits per heavy atom. The third kappa shape index (κ3) is 6.93. The normalized spacial score (nSPS) is 17.3. The molecule has 1 unspecified atom stereocenters. The van der Waals surface area contributed by atoms with Crippen LogP contribution in [0.2, 0.25) is 0 Å². The molecule has 1 saturated heterocycles. The SMILES string of the molecule is CC(C)(C)OC(=O)N1CCCC(C(=O)OCc2ccccc2)N1C(=O)OC(C)(C)C. The summed E-state index contributed by atoms with van der Waals surface area (Å²) in [6.45, 7) is 10.7. The molecule has 1 aromatic carbocycles. The number of nitrogens with zero attached hydrogens (tertiary/aromatic N) is 2. The molecule has 1 heterocycles. The van der Waals surface area contributed by atoms with Crippen LogP contribution in [0.15, 0.2) is 30.3 Å². The van der Waals surface area contributed by atoms with E-state index in [1.807, 2.05) is 30.3 Å². The minimum Gasteiger partial charge on any atom is -0.459 e. The van der Waals surface area contributed by atoms with Gasteiger partial charge in [0.15, 0.2) is 6.04 Å². The monoisotopic (exact) mass is 420 g/mol. The number of hydrogen-bond acceptors (Lipinski definition) is 6. The number of carbonyl (C=O) groups is 3. The van der Waals surface area contributed by atoms with Gasteiger partial charge in [0.2, 0.25) is 0 Å². The van der Waals surface area contributed by atoms with Crippen molar-refractivity contribution in [3.63, 3.8) is 0 Å². The van der Waals surface area contributed by atoms with Crippen molar-refractivity contribution in [1.29, 1.82) is 0 Å². The zero-order valence-electron chi connectivity index (χ0n) is 18.6. The lowest BCUT2D eigenvalue weighted by molar-refractivity contribution is -0.163. The Bertz CT molecular complexity index is 751. The fourth-order valence-electron chi connectivity index (χ4n) is 2.90. The van der Waals surface area contributed by atoms with Crippen LogP contribution in [0.1, 0.15) is 59.9 Å². The van der Waals surface area contributed by atoms with E-state index in [1.54, 1.807) is 41.5 Å². The third-order valence-corrected chi connectivity index (χ3v) is 4.08. The Morgan fingerprint density at radius 2 is 1.50 bits per heavy atom. The van der Waals surface area contributed by atoms with Gasteiger partial charge in [0.1, 0.15) is 17.8 Å². The second-order valence-corrected chi connectivity index (χ2v) is 9.18. The van der Waals surface area contributed by atoms with Crippen LogP contribution in [0, 0.1) is 0 Å². The number of esters is 1. The van der Waals surface area contributed by atoms with Gasteiger partial charge < -0.3 is 14.2 Å². The average Bonchev–Trinajstić information content (AvgIpc) is 2.63. The molecule has 1 fully saturated rings. The van der Waals surface area contributed by atoms with Crippen molar-refractivity contribution in [3.8, 4) is 0 Å². The average molecular weight is 421 g/mol. The van der Waals surface area contributed by atoms with Crippen LogP contribution in [0.5, 0.6) is 0 Å². The lowest BCUT2D eigenvalue weighted by Gasteiger charge is -2.42. The van der Waals surface area contributed by atoms with Gasteiger partial charge in [0.25, 0.3) is 0 Å². The fourth-order valence-corrected chi connectivity index (χ4v) is 2.90. The summed E-state index contributed by atoms with van der Waals surface area (Å²) < 4.78 is 16.3. The van der Waals surface area contributed by atoms with Gasteiger partial charge in [-0.05, 0) is 59.9 Å². The molecule has 0 aromatic heterocycles. The zero-order chi connectivity index (χ0) is 22.5. The summed E-state index contributed by atoms with van der Waals surface area (Å²) in [5.41, 5.74) is -0.723. The van der Waals surface area contributed by atoms with Gasteiger partial charge in [-0.1, -0.05) is 30.3 Å². The molecule has 0 bridgehead atoms. The van der Waals surface area contributed by atoms with E-state index >= 15 is 0 Å². The first kappa shape index (κ1) is 23.5. The maximum absolute atomic E-state index is 12.9. The number of benzene rings is 1. The summed E-state index contributed by atoms with van der Waals surface area (Å²) in [6.07, 6.45) is -0.640. The van der Waals surface area contributed by atoms with E-state index in [-0.39, 0.29) is 13.2 Å². The topological polar surface area (TPSA) is 85.4 Å². The second-order valence-electron chi connectivity index (χ2n) is 9.18. The van der Waals surface area contributed by atoms with E-state index in [0.717, 1.165) is 15.6 Å². The maximum Gasteiger partial charge on any atom is 0.430 e. The lowest BCUT2D eigenvalue weighted by atomic mass is 10.1. The van der Waals surface area contributed by atoms with E-state index in [0.29, 0.717) is 12.8 Å². The highest BCUT2D eigenvalue weighted by atomic mass is 16.6. The maximum atomic E-state index is 12.9. The Morgan fingerprint density at radius 3 is 2.07 bits per heavy atom. The number of rotatable bonds is 3. The van der Waals surface area contributed by atoms with E-state index in [2.05, 4.69) is 0 Å². The summed E-state index contributed by atoms with van der Waals surface area (Å²) in [5, 5.41) is 2.17. The van der Waals surface area contributed by atoms with Crippen molar-refractivity contribution in [1.82, 2.24) is 10.0 Å². The van der Waals surface area contributed by atoms with Crippen molar-refractivity contribution in [2.45, 2.75) is 78.2 Å². The van der Waals surface area contributed by atoms with Crippen LogP contribution in [0.25, 0.3) is 0 Å². The van der Waals surface area contributed by atoms with E-state index < -0.39 is 35.4 Å². The molecule has 1 aliphatic heterocycles. The highest BCUT2D eigenvalue weighted by Crippen LogP contribution is 2.25. The van der Waals surface area contributed by atoms with Gasteiger partial charge in [0.05, 0.1) is 0 Å². The molecule has 30 heavy (non-hydrogen) atoms. The van der Waals surface area contributed by atoms with E-state index in [9.17, 15) is 14.4 Å². The molecule has 1 aliphatic rings. The number of carbonyl (C=O) groups excluding carboxylic acids is 3. The van der Waals surface area contributed by atoms with Gasteiger partial charge in [0, 0.05) is 6.54 Å². The molecule has 0 N–H and O–H groups in total. The Kier molecular flexibility index (Phi) is 7.34. The van der Waals surface area contributed by atoms with Gasteiger partial charge in [-0.2, -0.15) is 5.01 Å². The van der Waals surface area contributed by atoms with Crippen molar-refractivity contribution in [3.05, 3.63) is 35.9 Å². The molecule has 0 saturated carbocycles. The first-order valence-electron chi connectivity index (χ1n) is 10.1. The summed E-state index contributed by atoms with van der Waals surface area (Å²) in [7, 11) is 0. The van der Waals surface area contributed by atoms with Crippen LogP contribution in [-0.2, 0) is 25.6 Å². The Hall–Kier alpha value is -2.77. The Balaban J connectivity index is 2.22. The minimum absolute atomic E-state index is 0.0742. The summed E-state index contributed by atoms with van der Waals surface area (Å²) >= 11 is 0. The Labute approximate surface area is 178 Å². The molecule has 1 aromatic rings. The minimum atomic E-state index is -0.982. The highest BCUT2D eigenvalue weighted by molar-refractivity contribution is 5.83. The molecule has 8 nitrogen and oxygen atoms in total. The molecular weight excluding hydrogens is 388 g/mol. The standard InChI is InChI=1S/C22H32N2O6/c1-21(2,3)29-19(26)23-14-10-13-17(24(23)20(27)30-22(4,5)6)18(25)28-15-16-11-8-7-9-12-16/h7-9,11-12,17H,10,13-15H2,1-6H3. The summed E-state index contributed by atoms with van der Waals surface area (Å²) in [6, 6.07) is 8.27. The second kappa shape index (κ2) is 9.36. The van der Waals surface area contributed by atoms with Crippen molar-refractivity contribution < 1.29 is 28.6 Å². The molecular formula is C22H32N2O6. The van der Waals surface area contributed by atoms with E-state index in [1.165, 1.54) is 0 Å². The van der Waals surface area contributed by atoms with E-state index in [4.69, 9.17) is 14.2 Å². The van der Waals surface area contributed by atoms with Gasteiger partial charge in [-0.15, -0.1) is 0 Å². The number of hydrogen-bond donors (Lipinski definition) is 0. The van der Waals surface area contributed by atoms with Gasteiger partial charge in [-0.3, -0.25) is 0 Å². The van der Waals surface area contributed by atoms with Gasteiger partial charge in [-0.25, -0.2) is 19.4 Å². The first-order chi connectivity index (χ1) is 13.9. The lowest BCUT2D eigenvalue weighted by Crippen LogP contribution is -2.61. The van der Waals surface area contributed by atoms with Crippen LogP contribution in [-0.4, -0.2) is 52.0 Å². The molecule has 0 spiro atoms. The van der Waals surface area contributed by atoms with Crippen molar-refractivity contribution >= 4 is 18.2 Å². The van der Waals surface area contributed by atoms with Crippen LogP contribution in [0.3, 0.4) is 0 Å². The molecule has 0 aliphatic carbocycles. The van der Waals surface area contributed by atoms with Gasteiger partial charge >= 0.3 is 18.2 Å². The number of hydrazine groups is 1.